The van der Waals surface area contributed by atoms with Crippen LogP contribution in [0.5, 0.6) is 5.75 Å². The van der Waals surface area contributed by atoms with Crippen LogP contribution in [-0.4, -0.2) is 32.3 Å². The molecule has 0 radical (unpaired) electrons. The van der Waals surface area contributed by atoms with Crippen molar-refractivity contribution < 1.29 is 9.90 Å². The van der Waals surface area contributed by atoms with E-state index in [4.69, 9.17) is 0 Å². The molecule has 2 N–H and O–H groups in total. The van der Waals surface area contributed by atoms with E-state index in [0.717, 1.165) is 34.7 Å². The Morgan fingerprint density at radius 2 is 1.90 bits per heavy atom. The number of aromatic hydroxyl groups is 1. The number of benzene rings is 2. The molecule has 0 unspecified atom stereocenters. The van der Waals surface area contributed by atoms with Crippen molar-refractivity contribution in [3.63, 3.8) is 0 Å². The van der Waals surface area contributed by atoms with Crippen molar-refractivity contribution >= 4 is 17.2 Å². The van der Waals surface area contributed by atoms with E-state index in [0.29, 0.717) is 12.2 Å². The average Bonchev–Trinajstić information content (AvgIpc) is 3.43. The lowest BCUT2D eigenvalue weighted by atomic mass is 10.1. The molecule has 0 saturated carbocycles. The zero-order chi connectivity index (χ0) is 20.1. The third-order valence-electron chi connectivity index (χ3n) is 4.45. The molecule has 0 atom stereocenters. The zero-order valence-electron chi connectivity index (χ0n) is 15.7. The summed E-state index contributed by atoms with van der Waals surface area (Å²) < 4.78 is 1.79. The molecule has 2 aromatic carbocycles. The second-order valence-corrected chi connectivity index (χ2v) is 7.43. The Morgan fingerprint density at radius 3 is 2.69 bits per heavy atom. The number of hydrogen-bond donors (Lipinski definition) is 2. The summed E-state index contributed by atoms with van der Waals surface area (Å²) in [5.41, 5.74) is 3.40. The van der Waals surface area contributed by atoms with Crippen LogP contribution in [0.4, 0.5) is 0 Å². The Hall–Kier alpha value is -3.45. The van der Waals surface area contributed by atoms with Crippen LogP contribution in [0.2, 0.25) is 0 Å². The van der Waals surface area contributed by atoms with E-state index in [2.05, 4.69) is 15.4 Å². The van der Waals surface area contributed by atoms with E-state index in [1.807, 2.05) is 48.7 Å². The van der Waals surface area contributed by atoms with Gasteiger partial charge in [0.1, 0.15) is 16.5 Å². The fourth-order valence-corrected chi connectivity index (χ4v) is 3.69. The molecule has 7 heteroatoms. The van der Waals surface area contributed by atoms with Gasteiger partial charge in [0.05, 0.1) is 11.9 Å². The van der Waals surface area contributed by atoms with Crippen LogP contribution in [-0.2, 0) is 6.42 Å². The van der Waals surface area contributed by atoms with Crippen molar-refractivity contribution in [2.24, 2.45) is 0 Å². The molecular weight excluding hydrogens is 384 g/mol. The second kappa shape index (κ2) is 8.70. The first-order valence-electron chi connectivity index (χ1n) is 9.31. The number of aryl methyl sites for hydroxylation is 1. The van der Waals surface area contributed by atoms with Crippen LogP contribution in [0, 0.1) is 0 Å². The number of nitrogens with one attached hydrogen (secondary N) is 1. The fraction of sp³-hybridized carbons (Fsp3) is 0.136. The van der Waals surface area contributed by atoms with Gasteiger partial charge in [-0.25, -0.2) is 9.67 Å². The number of carbonyl (C=O) groups is 1. The number of rotatable bonds is 7. The van der Waals surface area contributed by atoms with Crippen LogP contribution < -0.4 is 5.32 Å². The standard InChI is InChI=1S/C22H20N4O2S/c27-19-10-8-16(9-11-19)5-4-12-23-21(28)20-15-29-22(25-20)17-13-24-26(14-17)18-6-2-1-3-7-18/h1-3,6-11,13-15,27H,4-5,12H2,(H,23,28). The number of nitrogens with zero attached hydrogens (tertiary/aromatic N) is 3. The van der Waals surface area contributed by atoms with Gasteiger partial charge in [-0.3, -0.25) is 4.79 Å². The SMILES string of the molecule is O=C(NCCCc1ccc(O)cc1)c1csc(-c2cnn(-c3ccccc3)c2)n1. The molecule has 0 bridgehead atoms. The Morgan fingerprint density at radius 1 is 1.10 bits per heavy atom. The highest BCUT2D eigenvalue weighted by atomic mass is 32.1. The van der Waals surface area contributed by atoms with Gasteiger partial charge in [-0.05, 0) is 42.7 Å². The van der Waals surface area contributed by atoms with Gasteiger partial charge in [-0.2, -0.15) is 5.10 Å². The summed E-state index contributed by atoms with van der Waals surface area (Å²) in [7, 11) is 0. The van der Waals surface area contributed by atoms with Crippen LogP contribution in [0.25, 0.3) is 16.3 Å². The number of para-hydroxylation sites is 1. The normalized spacial score (nSPS) is 10.8. The molecule has 1 amide bonds. The summed E-state index contributed by atoms with van der Waals surface area (Å²) in [6, 6.07) is 17.0. The minimum absolute atomic E-state index is 0.173. The highest BCUT2D eigenvalue weighted by Crippen LogP contribution is 2.24. The summed E-state index contributed by atoms with van der Waals surface area (Å²) in [5.74, 6) is 0.0874. The van der Waals surface area contributed by atoms with E-state index in [1.165, 1.54) is 11.3 Å². The number of thiazole rings is 1. The average molecular weight is 404 g/mol. The number of aromatic nitrogens is 3. The van der Waals surface area contributed by atoms with Gasteiger partial charge in [-0.1, -0.05) is 30.3 Å². The largest absolute Gasteiger partial charge is 0.508 e. The Labute approximate surface area is 172 Å². The predicted molar refractivity (Wildman–Crippen MR) is 113 cm³/mol. The summed E-state index contributed by atoms with van der Waals surface area (Å²) in [4.78, 5) is 16.8. The molecule has 0 aliphatic carbocycles. The van der Waals surface area contributed by atoms with Gasteiger partial charge in [0.15, 0.2) is 0 Å². The highest BCUT2D eigenvalue weighted by molar-refractivity contribution is 7.13. The first kappa shape index (κ1) is 18.9. The molecule has 0 aliphatic heterocycles. The maximum absolute atomic E-state index is 12.4. The summed E-state index contributed by atoms with van der Waals surface area (Å²) in [6.45, 7) is 0.568. The van der Waals surface area contributed by atoms with Crippen molar-refractivity contribution in [2.75, 3.05) is 6.54 Å². The van der Waals surface area contributed by atoms with Crippen LogP contribution >= 0.6 is 11.3 Å². The molecule has 6 nitrogen and oxygen atoms in total. The third-order valence-corrected chi connectivity index (χ3v) is 5.34. The monoisotopic (exact) mass is 404 g/mol. The molecule has 0 spiro atoms. The maximum Gasteiger partial charge on any atom is 0.270 e. The van der Waals surface area contributed by atoms with Crippen molar-refractivity contribution in [1.29, 1.82) is 0 Å². The number of amides is 1. The van der Waals surface area contributed by atoms with Gasteiger partial charge in [0, 0.05) is 23.7 Å². The minimum atomic E-state index is -0.173. The third kappa shape index (κ3) is 4.70. The van der Waals surface area contributed by atoms with Crippen molar-refractivity contribution in [1.82, 2.24) is 20.1 Å². The van der Waals surface area contributed by atoms with Gasteiger partial charge in [0.2, 0.25) is 0 Å². The molecule has 0 aliphatic rings. The summed E-state index contributed by atoms with van der Waals surface area (Å²) in [6.07, 6.45) is 5.32. The number of carbonyl (C=O) groups excluding carboxylic acids is 1. The quantitative estimate of drug-likeness (QED) is 0.455. The Kier molecular flexibility index (Phi) is 5.67. The molecule has 2 heterocycles. The van der Waals surface area contributed by atoms with Gasteiger partial charge >= 0.3 is 0 Å². The predicted octanol–water partition coefficient (Wildman–Crippen LogP) is 4.06. The van der Waals surface area contributed by atoms with Crippen LogP contribution in [0.1, 0.15) is 22.5 Å². The van der Waals surface area contributed by atoms with Crippen LogP contribution in [0.15, 0.2) is 72.4 Å². The first-order chi connectivity index (χ1) is 14.2. The van der Waals surface area contributed by atoms with E-state index in [9.17, 15) is 9.90 Å². The molecule has 2 aromatic heterocycles. The van der Waals surface area contributed by atoms with E-state index in [-0.39, 0.29) is 11.7 Å². The van der Waals surface area contributed by atoms with Gasteiger partial charge in [0.25, 0.3) is 5.91 Å². The molecular formula is C22H20N4O2S. The second-order valence-electron chi connectivity index (χ2n) is 6.57. The topological polar surface area (TPSA) is 80.0 Å². The number of phenols is 1. The maximum atomic E-state index is 12.4. The van der Waals surface area contributed by atoms with E-state index in [1.54, 1.807) is 28.4 Å². The lowest BCUT2D eigenvalue weighted by molar-refractivity contribution is 0.0949. The highest BCUT2D eigenvalue weighted by Gasteiger charge is 2.13. The van der Waals surface area contributed by atoms with Gasteiger partial charge in [-0.15, -0.1) is 11.3 Å². The lowest BCUT2D eigenvalue weighted by Gasteiger charge is -2.04. The first-order valence-corrected chi connectivity index (χ1v) is 10.2. The number of phenolic OH excluding ortho intramolecular Hbond substituents is 1. The number of hydrogen-bond acceptors (Lipinski definition) is 5. The fourth-order valence-electron chi connectivity index (χ4n) is 2.91. The zero-order valence-corrected chi connectivity index (χ0v) is 16.5. The van der Waals surface area contributed by atoms with Crippen molar-refractivity contribution in [2.45, 2.75) is 12.8 Å². The summed E-state index contributed by atoms with van der Waals surface area (Å²) >= 11 is 1.43. The van der Waals surface area contributed by atoms with Gasteiger partial charge < -0.3 is 10.4 Å². The van der Waals surface area contributed by atoms with Crippen molar-refractivity contribution in [3.8, 4) is 22.0 Å². The van der Waals surface area contributed by atoms with Crippen LogP contribution in [0.3, 0.4) is 0 Å². The lowest BCUT2D eigenvalue weighted by Crippen LogP contribution is -2.25. The molecule has 0 fully saturated rings. The van der Waals surface area contributed by atoms with Crippen molar-refractivity contribution in [3.05, 3.63) is 83.6 Å². The molecule has 29 heavy (non-hydrogen) atoms. The Balaban J connectivity index is 1.32. The smallest absolute Gasteiger partial charge is 0.270 e. The molecule has 0 saturated heterocycles. The molecule has 146 valence electrons. The molecule has 4 aromatic rings. The minimum Gasteiger partial charge on any atom is -0.508 e. The van der Waals surface area contributed by atoms with E-state index < -0.39 is 0 Å². The summed E-state index contributed by atoms with van der Waals surface area (Å²) in [5, 5.41) is 19.1. The molecule has 4 rings (SSSR count). The van der Waals surface area contributed by atoms with E-state index >= 15 is 0 Å². The Bertz CT molecular complexity index is 1090.